The van der Waals surface area contributed by atoms with Gasteiger partial charge in [-0.25, -0.2) is 4.98 Å². The lowest BCUT2D eigenvalue weighted by Gasteiger charge is -2.33. The van der Waals surface area contributed by atoms with Crippen LogP contribution in [0.3, 0.4) is 0 Å². The van der Waals surface area contributed by atoms with Crippen molar-refractivity contribution >= 4 is 36.5 Å². The molecule has 7 heteroatoms. The Labute approximate surface area is 164 Å². The number of nitrogens with zero attached hydrogens (tertiary/aromatic N) is 3. The highest BCUT2D eigenvalue weighted by atomic mass is 35.5. The van der Waals surface area contributed by atoms with Crippen LogP contribution in [-0.4, -0.2) is 48.0 Å². The summed E-state index contributed by atoms with van der Waals surface area (Å²) >= 11 is 0. The number of likely N-dealkylation sites (tertiary alicyclic amines) is 1. The van der Waals surface area contributed by atoms with Gasteiger partial charge in [0, 0.05) is 38.4 Å². The molecule has 2 heterocycles. The highest BCUT2D eigenvalue weighted by Crippen LogP contribution is 2.21. The second-order valence-corrected chi connectivity index (χ2v) is 6.47. The molecule has 0 aliphatic carbocycles. The van der Waals surface area contributed by atoms with Gasteiger partial charge < -0.3 is 15.5 Å². The van der Waals surface area contributed by atoms with Gasteiger partial charge in [0.15, 0.2) is 0 Å². The maximum atomic E-state index is 12.6. The van der Waals surface area contributed by atoms with Crippen molar-refractivity contribution in [3.63, 3.8) is 0 Å². The van der Waals surface area contributed by atoms with E-state index >= 15 is 0 Å². The van der Waals surface area contributed by atoms with Gasteiger partial charge in [-0.3, -0.25) is 4.79 Å². The molecule has 5 nitrogen and oxygen atoms in total. The molecule has 2 rings (SSSR count). The van der Waals surface area contributed by atoms with E-state index in [0.717, 1.165) is 51.3 Å². The number of aromatic nitrogens is 1. The zero-order valence-electron chi connectivity index (χ0n) is 15.5. The molecule has 0 saturated carbocycles. The van der Waals surface area contributed by atoms with Gasteiger partial charge in [0.2, 0.25) is 0 Å². The molecule has 0 aromatic carbocycles. The van der Waals surface area contributed by atoms with Gasteiger partial charge in [-0.1, -0.05) is 6.92 Å². The molecule has 25 heavy (non-hydrogen) atoms. The predicted octanol–water partition coefficient (Wildman–Crippen LogP) is 3.36. The van der Waals surface area contributed by atoms with E-state index in [9.17, 15) is 4.79 Å². The third-order valence-corrected chi connectivity index (χ3v) is 4.76. The van der Waals surface area contributed by atoms with Gasteiger partial charge in [0.1, 0.15) is 5.82 Å². The summed E-state index contributed by atoms with van der Waals surface area (Å²) in [6, 6.07) is 4.08. The maximum absolute atomic E-state index is 12.6. The van der Waals surface area contributed by atoms with Crippen molar-refractivity contribution in [1.82, 2.24) is 9.88 Å². The number of halogens is 2. The Morgan fingerprint density at radius 2 is 1.96 bits per heavy atom. The Morgan fingerprint density at radius 1 is 1.32 bits per heavy atom. The summed E-state index contributed by atoms with van der Waals surface area (Å²) in [6.07, 6.45) is 4.79. The lowest BCUT2D eigenvalue weighted by molar-refractivity contribution is 0.0680. The summed E-state index contributed by atoms with van der Waals surface area (Å²) in [7, 11) is 0. The molecule has 2 N–H and O–H groups in total. The van der Waals surface area contributed by atoms with E-state index in [1.54, 1.807) is 6.20 Å². The van der Waals surface area contributed by atoms with Crippen LogP contribution in [0.25, 0.3) is 0 Å². The Balaban J connectivity index is 0.00000288. The van der Waals surface area contributed by atoms with Crippen molar-refractivity contribution in [2.75, 3.05) is 31.1 Å². The molecule has 0 spiro atoms. The molecule has 1 aromatic heterocycles. The highest BCUT2D eigenvalue weighted by molar-refractivity contribution is 5.94. The molecule has 0 bridgehead atoms. The summed E-state index contributed by atoms with van der Waals surface area (Å²) in [5.74, 6) is 1.57. The number of rotatable bonds is 6. The molecule has 1 fully saturated rings. The molecule has 1 unspecified atom stereocenters. The van der Waals surface area contributed by atoms with E-state index in [0.29, 0.717) is 11.5 Å². The van der Waals surface area contributed by atoms with Crippen LogP contribution in [-0.2, 0) is 0 Å². The van der Waals surface area contributed by atoms with Crippen molar-refractivity contribution in [2.24, 2.45) is 11.7 Å². The van der Waals surface area contributed by atoms with Crippen LogP contribution in [0, 0.1) is 5.92 Å². The lowest BCUT2D eigenvalue weighted by atomic mass is 9.91. The fraction of sp³-hybridized carbons (Fsp3) is 0.667. The van der Waals surface area contributed by atoms with Gasteiger partial charge in [0.05, 0.1) is 5.56 Å². The highest BCUT2D eigenvalue weighted by Gasteiger charge is 2.25. The molecular weight excluding hydrogens is 359 g/mol. The van der Waals surface area contributed by atoms with E-state index in [-0.39, 0.29) is 36.8 Å². The summed E-state index contributed by atoms with van der Waals surface area (Å²) in [5.41, 5.74) is 6.65. The number of hydrogen-bond donors (Lipinski definition) is 1. The third kappa shape index (κ3) is 6.32. The summed E-state index contributed by atoms with van der Waals surface area (Å²) in [4.78, 5) is 21.2. The molecule has 1 saturated heterocycles. The van der Waals surface area contributed by atoms with Crippen LogP contribution in [0.1, 0.15) is 50.4 Å². The molecule has 1 aliphatic rings. The van der Waals surface area contributed by atoms with Gasteiger partial charge >= 0.3 is 0 Å². The minimum atomic E-state index is 0. The molecular formula is C18H32Cl2N4O. The number of nitrogens with two attached hydrogens (primary N) is 1. The number of anilines is 1. The second kappa shape index (κ2) is 11.6. The Bertz CT molecular complexity index is 502. The number of pyridine rings is 1. The predicted molar refractivity (Wildman–Crippen MR) is 109 cm³/mol. The van der Waals surface area contributed by atoms with Crippen LogP contribution < -0.4 is 10.6 Å². The molecule has 1 aromatic rings. The summed E-state index contributed by atoms with van der Waals surface area (Å²) < 4.78 is 0. The largest absolute Gasteiger partial charge is 0.357 e. The molecule has 1 atom stereocenters. The first-order valence-corrected chi connectivity index (χ1v) is 8.82. The Kier molecular flexibility index (Phi) is 11.1. The number of hydrogen-bond acceptors (Lipinski definition) is 4. The van der Waals surface area contributed by atoms with Crippen LogP contribution in [0.4, 0.5) is 5.82 Å². The number of piperidine rings is 1. The number of amides is 1. The van der Waals surface area contributed by atoms with Crippen LogP contribution in [0.5, 0.6) is 0 Å². The Morgan fingerprint density at radius 3 is 2.40 bits per heavy atom. The lowest BCUT2D eigenvalue weighted by Crippen LogP contribution is -2.42. The zero-order chi connectivity index (χ0) is 16.8. The first-order valence-electron chi connectivity index (χ1n) is 8.82. The molecule has 0 radical (unpaired) electrons. The van der Waals surface area contributed by atoms with Gasteiger partial charge in [-0.2, -0.15) is 0 Å². The van der Waals surface area contributed by atoms with Crippen molar-refractivity contribution in [3.05, 3.63) is 23.9 Å². The smallest absolute Gasteiger partial charge is 0.255 e. The van der Waals surface area contributed by atoms with Gasteiger partial charge in [-0.05, 0) is 51.2 Å². The minimum Gasteiger partial charge on any atom is -0.357 e. The SMILES string of the molecule is CCCN(CC)c1ccc(C(=O)N2CCC(C(C)N)CC2)cn1.Cl.Cl. The van der Waals surface area contributed by atoms with Gasteiger partial charge in [0.25, 0.3) is 5.91 Å². The standard InChI is InChI=1S/C18H30N4O.2ClH/c1-4-10-21(5-2)17-7-6-16(13-20-17)18(23)22-11-8-15(9-12-22)14(3)19;;/h6-7,13-15H,4-5,8-12,19H2,1-3H3;2*1H. The average Bonchev–Trinajstić information content (AvgIpc) is 2.59. The van der Waals surface area contributed by atoms with E-state index in [4.69, 9.17) is 5.73 Å². The first-order chi connectivity index (χ1) is 11.1. The topological polar surface area (TPSA) is 62.5 Å². The van der Waals surface area contributed by atoms with Crippen molar-refractivity contribution in [1.29, 1.82) is 0 Å². The zero-order valence-corrected chi connectivity index (χ0v) is 17.1. The van der Waals surface area contributed by atoms with E-state index in [1.807, 2.05) is 17.0 Å². The quantitative estimate of drug-likeness (QED) is 0.808. The van der Waals surface area contributed by atoms with Crippen LogP contribution in [0.2, 0.25) is 0 Å². The number of carbonyl (C=O) groups is 1. The monoisotopic (exact) mass is 390 g/mol. The molecule has 1 aliphatic heterocycles. The second-order valence-electron chi connectivity index (χ2n) is 6.47. The first kappa shape index (κ1) is 24.0. The van der Waals surface area contributed by atoms with Crippen LogP contribution >= 0.6 is 24.8 Å². The summed E-state index contributed by atoms with van der Waals surface area (Å²) in [5, 5.41) is 0. The average molecular weight is 391 g/mol. The fourth-order valence-corrected chi connectivity index (χ4v) is 3.22. The van der Waals surface area contributed by atoms with E-state index in [2.05, 4.69) is 30.7 Å². The molecule has 1 amide bonds. The number of carbonyl (C=O) groups excluding carboxylic acids is 1. The minimum absolute atomic E-state index is 0. The molecule has 144 valence electrons. The maximum Gasteiger partial charge on any atom is 0.255 e. The van der Waals surface area contributed by atoms with E-state index in [1.165, 1.54) is 0 Å². The Hall–Kier alpha value is -1.04. The van der Waals surface area contributed by atoms with E-state index < -0.39 is 0 Å². The van der Waals surface area contributed by atoms with Crippen molar-refractivity contribution < 1.29 is 4.79 Å². The normalized spacial score (nSPS) is 15.8. The van der Waals surface area contributed by atoms with Gasteiger partial charge in [-0.15, -0.1) is 24.8 Å². The summed E-state index contributed by atoms with van der Waals surface area (Å²) in [6.45, 7) is 9.85. The van der Waals surface area contributed by atoms with Crippen molar-refractivity contribution in [3.8, 4) is 0 Å². The van der Waals surface area contributed by atoms with Crippen LogP contribution in [0.15, 0.2) is 18.3 Å². The van der Waals surface area contributed by atoms with Crippen molar-refractivity contribution in [2.45, 2.75) is 46.1 Å². The third-order valence-electron chi connectivity index (χ3n) is 4.76. The fourth-order valence-electron chi connectivity index (χ4n) is 3.22.